The quantitative estimate of drug-likeness (QED) is 0.360. The number of amides is 1. The van der Waals surface area contributed by atoms with Gasteiger partial charge in [-0.15, -0.1) is 0 Å². The standard InChI is InChI=1S/C27H22BrNO4/c28-24-20-14-21-23(27(31)33-25(21)24)22(20)26(30)29-17-8-12-19(13-9-17)32-18-10-6-16(7-11-18)15-4-2-1-3-5-15/h1-13,20-25H,14H2,(H,29,30)/t20-,21-,22-,23+,24+,25+/m1/s1. The van der Waals surface area contributed by atoms with Gasteiger partial charge in [0.15, 0.2) is 0 Å². The van der Waals surface area contributed by atoms with Gasteiger partial charge in [0.1, 0.15) is 17.6 Å². The van der Waals surface area contributed by atoms with E-state index < -0.39 is 0 Å². The normalized spacial score (nSPS) is 29.1. The van der Waals surface area contributed by atoms with E-state index in [0.717, 1.165) is 23.3 Å². The van der Waals surface area contributed by atoms with Crippen LogP contribution in [-0.4, -0.2) is 22.8 Å². The minimum absolute atomic E-state index is 0.0602. The Morgan fingerprint density at radius 3 is 2.21 bits per heavy atom. The molecule has 0 aromatic heterocycles. The van der Waals surface area contributed by atoms with Crippen molar-refractivity contribution in [3.63, 3.8) is 0 Å². The first-order chi connectivity index (χ1) is 16.1. The SMILES string of the molecule is O=C(Nc1ccc(Oc2ccc(-c3ccccc3)cc2)cc1)[C@@H]1[C@H]2C[C@H]3[C@H](OC(=O)[C@@H]31)[C@H]2Br. The van der Waals surface area contributed by atoms with Crippen LogP contribution < -0.4 is 10.1 Å². The Morgan fingerprint density at radius 2 is 1.52 bits per heavy atom. The van der Waals surface area contributed by atoms with Crippen LogP contribution in [0.5, 0.6) is 11.5 Å². The summed E-state index contributed by atoms with van der Waals surface area (Å²) in [5.41, 5.74) is 2.97. The summed E-state index contributed by atoms with van der Waals surface area (Å²) in [5, 5.41) is 2.99. The number of benzene rings is 3. The summed E-state index contributed by atoms with van der Waals surface area (Å²) in [6.45, 7) is 0. The van der Waals surface area contributed by atoms with E-state index >= 15 is 0 Å². The average molecular weight is 504 g/mol. The predicted octanol–water partition coefficient (Wildman–Crippen LogP) is 5.66. The van der Waals surface area contributed by atoms with E-state index in [2.05, 4.69) is 33.4 Å². The summed E-state index contributed by atoms with van der Waals surface area (Å²) >= 11 is 3.66. The molecular weight excluding hydrogens is 482 g/mol. The van der Waals surface area contributed by atoms with Crippen LogP contribution in [0.25, 0.3) is 11.1 Å². The van der Waals surface area contributed by atoms with Crippen LogP contribution >= 0.6 is 15.9 Å². The van der Waals surface area contributed by atoms with Crippen molar-refractivity contribution in [3.8, 4) is 22.6 Å². The molecule has 5 nitrogen and oxygen atoms in total. The second-order valence-electron chi connectivity index (χ2n) is 8.97. The second-order valence-corrected chi connectivity index (χ2v) is 10.0. The number of fused-ring (bicyclic) bond motifs is 1. The maximum atomic E-state index is 13.0. The first kappa shape index (κ1) is 20.5. The summed E-state index contributed by atoms with van der Waals surface area (Å²) in [6, 6.07) is 25.4. The van der Waals surface area contributed by atoms with Crippen molar-refractivity contribution in [2.24, 2.45) is 23.7 Å². The lowest BCUT2D eigenvalue weighted by atomic mass is 9.79. The lowest BCUT2D eigenvalue weighted by molar-refractivity contribution is -0.145. The van der Waals surface area contributed by atoms with Gasteiger partial charge in [0.05, 0.1) is 16.7 Å². The molecule has 3 fully saturated rings. The van der Waals surface area contributed by atoms with Crippen LogP contribution in [0.1, 0.15) is 6.42 Å². The molecule has 1 amide bonds. The molecule has 1 N–H and O–H groups in total. The summed E-state index contributed by atoms with van der Waals surface area (Å²) in [5.74, 6) is 0.731. The molecule has 2 saturated carbocycles. The molecular formula is C27H22BrNO4. The number of esters is 1. The van der Waals surface area contributed by atoms with Crippen LogP contribution in [-0.2, 0) is 14.3 Å². The minimum atomic E-state index is -0.343. The van der Waals surface area contributed by atoms with Crippen molar-refractivity contribution in [2.45, 2.75) is 17.4 Å². The molecule has 1 aliphatic heterocycles. The van der Waals surface area contributed by atoms with Gasteiger partial charge in [-0.1, -0.05) is 58.4 Å². The Kier molecular flexibility index (Phi) is 4.98. The van der Waals surface area contributed by atoms with Gasteiger partial charge >= 0.3 is 5.97 Å². The molecule has 3 aliphatic rings. The van der Waals surface area contributed by atoms with Crippen LogP contribution in [0, 0.1) is 23.7 Å². The number of anilines is 1. The molecule has 2 aliphatic carbocycles. The third-order valence-corrected chi connectivity index (χ3v) is 8.34. The van der Waals surface area contributed by atoms with Crippen molar-refractivity contribution in [1.29, 1.82) is 0 Å². The van der Waals surface area contributed by atoms with Gasteiger partial charge in [0, 0.05) is 11.6 Å². The number of hydrogen-bond donors (Lipinski definition) is 1. The molecule has 166 valence electrons. The highest BCUT2D eigenvalue weighted by molar-refractivity contribution is 9.09. The van der Waals surface area contributed by atoms with E-state index in [0.29, 0.717) is 11.4 Å². The third-order valence-electron chi connectivity index (χ3n) is 7.14. The molecule has 0 unspecified atom stereocenters. The van der Waals surface area contributed by atoms with Crippen LogP contribution in [0.2, 0.25) is 0 Å². The first-order valence-corrected chi connectivity index (χ1v) is 12.1. The van der Waals surface area contributed by atoms with Crippen molar-refractivity contribution in [2.75, 3.05) is 5.32 Å². The molecule has 0 radical (unpaired) electrons. The highest BCUT2D eigenvalue weighted by Crippen LogP contribution is 2.60. The number of carbonyl (C=O) groups excluding carboxylic acids is 2. The molecule has 1 heterocycles. The van der Waals surface area contributed by atoms with E-state index in [1.54, 1.807) is 0 Å². The van der Waals surface area contributed by atoms with E-state index in [9.17, 15) is 9.59 Å². The molecule has 0 spiro atoms. The zero-order valence-corrected chi connectivity index (χ0v) is 19.3. The van der Waals surface area contributed by atoms with Gasteiger partial charge in [-0.3, -0.25) is 9.59 Å². The van der Waals surface area contributed by atoms with Gasteiger partial charge in [-0.05, 0) is 59.9 Å². The predicted molar refractivity (Wildman–Crippen MR) is 128 cm³/mol. The summed E-state index contributed by atoms with van der Waals surface area (Å²) in [7, 11) is 0. The van der Waals surface area contributed by atoms with E-state index in [1.165, 1.54) is 0 Å². The van der Waals surface area contributed by atoms with Crippen molar-refractivity contribution >= 4 is 33.5 Å². The monoisotopic (exact) mass is 503 g/mol. The molecule has 3 aromatic rings. The van der Waals surface area contributed by atoms with Crippen molar-refractivity contribution in [1.82, 2.24) is 0 Å². The van der Waals surface area contributed by atoms with Crippen LogP contribution in [0.4, 0.5) is 5.69 Å². The van der Waals surface area contributed by atoms with Crippen molar-refractivity contribution in [3.05, 3.63) is 78.9 Å². The Labute approximate surface area is 200 Å². The highest BCUT2D eigenvalue weighted by atomic mass is 79.9. The smallest absolute Gasteiger partial charge is 0.310 e. The Balaban J connectivity index is 1.11. The molecule has 6 atom stereocenters. The topological polar surface area (TPSA) is 64.6 Å². The Morgan fingerprint density at radius 1 is 0.879 bits per heavy atom. The Bertz CT molecular complexity index is 1200. The van der Waals surface area contributed by atoms with E-state index in [-0.39, 0.29) is 46.5 Å². The third kappa shape index (κ3) is 3.53. The number of halogens is 1. The molecule has 2 bridgehead atoms. The summed E-state index contributed by atoms with van der Waals surface area (Å²) < 4.78 is 11.5. The lowest BCUT2D eigenvalue weighted by Gasteiger charge is -2.27. The average Bonchev–Trinajstić information content (AvgIpc) is 3.46. The maximum Gasteiger partial charge on any atom is 0.310 e. The van der Waals surface area contributed by atoms with Gasteiger partial charge < -0.3 is 14.8 Å². The molecule has 1 saturated heterocycles. The van der Waals surface area contributed by atoms with E-state index in [1.807, 2.05) is 66.7 Å². The fourth-order valence-corrected chi connectivity index (χ4v) is 6.69. The fraction of sp³-hybridized carbons (Fsp3) is 0.259. The zero-order valence-electron chi connectivity index (χ0n) is 17.7. The fourth-order valence-electron chi connectivity index (χ4n) is 5.64. The summed E-state index contributed by atoms with van der Waals surface area (Å²) in [6.07, 6.45) is 0.792. The van der Waals surface area contributed by atoms with E-state index in [4.69, 9.17) is 9.47 Å². The zero-order chi connectivity index (χ0) is 22.5. The molecule has 6 heteroatoms. The number of carbonyl (C=O) groups is 2. The molecule has 6 rings (SSSR count). The summed E-state index contributed by atoms with van der Waals surface area (Å²) in [4.78, 5) is 25.4. The van der Waals surface area contributed by atoms with Crippen LogP contribution in [0.15, 0.2) is 78.9 Å². The van der Waals surface area contributed by atoms with Crippen molar-refractivity contribution < 1.29 is 19.1 Å². The maximum absolute atomic E-state index is 13.0. The second kappa shape index (κ2) is 8.03. The molecule has 33 heavy (non-hydrogen) atoms. The first-order valence-electron chi connectivity index (χ1n) is 11.2. The highest BCUT2D eigenvalue weighted by Gasteiger charge is 2.67. The van der Waals surface area contributed by atoms with Gasteiger partial charge in [0.2, 0.25) is 5.91 Å². The van der Waals surface area contributed by atoms with Gasteiger partial charge in [-0.2, -0.15) is 0 Å². The number of rotatable bonds is 5. The minimum Gasteiger partial charge on any atom is -0.461 e. The number of hydrogen-bond acceptors (Lipinski definition) is 4. The van der Waals surface area contributed by atoms with Crippen LogP contribution in [0.3, 0.4) is 0 Å². The number of ether oxygens (including phenoxy) is 2. The van der Waals surface area contributed by atoms with Gasteiger partial charge in [0.25, 0.3) is 0 Å². The molecule has 3 aromatic carbocycles. The number of alkyl halides is 1. The lowest BCUT2D eigenvalue weighted by Crippen LogP contribution is -2.40. The van der Waals surface area contributed by atoms with Gasteiger partial charge in [-0.25, -0.2) is 0 Å². The number of nitrogens with one attached hydrogen (secondary N) is 1. The Hall–Kier alpha value is -3.12. The largest absolute Gasteiger partial charge is 0.461 e.